The number of halogens is 1. The number of benzene rings is 2. The molecular formula is C21H27ClN2O3. The number of carbonyl (C=O) groups excluding carboxylic acids is 1. The first-order valence-electron chi connectivity index (χ1n) is 8.79. The van der Waals surface area contributed by atoms with Crippen LogP contribution < -0.4 is 14.8 Å². The van der Waals surface area contributed by atoms with Gasteiger partial charge in [-0.2, -0.15) is 0 Å². The monoisotopic (exact) mass is 390 g/mol. The van der Waals surface area contributed by atoms with Gasteiger partial charge in [-0.15, -0.1) is 0 Å². The van der Waals surface area contributed by atoms with E-state index < -0.39 is 0 Å². The van der Waals surface area contributed by atoms with Gasteiger partial charge in [-0.25, -0.2) is 0 Å². The zero-order chi connectivity index (χ0) is 20.0. The summed E-state index contributed by atoms with van der Waals surface area (Å²) in [5.74, 6) is 1.26. The van der Waals surface area contributed by atoms with E-state index in [0.29, 0.717) is 12.3 Å². The van der Waals surface area contributed by atoms with Crippen molar-refractivity contribution in [1.82, 2.24) is 10.2 Å². The Bertz CT molecular complexity index is 770. The van der Waals surface area contributed by atoms with Gasteiger partial charge in [0.15, 0.2) is 6.61 Å². The van der Waals surface area contributed by atoms with Crippen LogP contribution in [0.5, 0.6) is 11.5 Å². The molecule has 0 saturated carbocycles. The Morgan fingerprint density at radius 2 is 1.81 bits per heavy atom. The summed E-state index contributed by atoms with van der Waals surface area (Å²) in [6.07, 6.45) is 0. The average molecular weight is 391 g/mol. The molecule has 146 valence electrons. The minimum atomic E-state index is -0.179. The fraction of sp³-hybridized carbons (Fsp3) is 0.381. The smallest absolute Gasteiger partial charge is 0.258 e. The quantitative estimate of drug-likeness (QED) is 0.745. The van der Waals surface area contributed by atoms with Crippen LogP contribution in [-0.4, -0.2) is 45.2 Å². The number of aryl methyl sites for hydroxylation is 2. The maximum atomic E-state index is 12.3. The Hall–Kier alpha value is -2.24. The van der Waals surface area contributed by atoms with Gasteiger partial charge in [0.25, 0.3) is 5.91 Å². The number of hydrogen-bond donors (Lipinski definition) is 1. The standard InChI is InChI=1S/C21H27ClN2O3/c1-14-10-16(11-15(2)21(14)22)27-13-20(25)23-12-18(24(3)4)17-8-6-7-9-19(17)26-5/h6-11,18H,12-13H2,1-5H3,(H,23,25)/t18-/m0/s1. The van der Waals surface area contributed by atoms with E-state index in [1.54, 1.807) is 7.11 Å². The van der Waals surface area contributed by atoms with Crippen molar-refractivity contribution < 1.29 is 14.3 Å². The Kier molecular flexibility index (Phi) is 7.51. The lowest BCUT2D eigenvalue weighted by molar-refractivity contribution is -0.123. The van der Waals surface area contributed by atoms with Gasteiger partial charge >= 0.3 is 0 Å². The van der Waals surface area contributed by atoms with E-state index in [2.05, 4.69) is 5.32 Å². The average Bonchev–Trinajstić information content (AvgIpc) is 2.64. The van der Waals surface area contributed by atoms with Crippen LogP contribution in [0.1, 0.15) is 22.7 Å². The molecule has 1 amide bonds. The van der Waals surface area contributed by atoms with E-state index in [-0.39, 0.29) is 18.6 Å². The van der Waals surface area contributed by atoms with Gasteiger partial charge in [0, 0.05) is 17.1 Å². The number of ether oxygens (including phenoxy) is 2. The fourth-order valence-electron chi connectivity index (χ4n) is 2.91. The summed E-state index contributed by atoms with van der Waals surface area (Å²) in [6, 6.07) is 11.5. The van der Waals surface area contributed by atoms with Gasteiger partial charge in [0.2, 0.25) is 0 Å². The summed E-state index contributed by atoms with van der Waals surface area (Å²) in [6.45, 7) is 4.23. The lowest BCUT2D eigenvalue weighted by Crippen LogP contribution is -2.37. The third-order valence-electron chi connectivity index (χ3n) is 4.39. The lowest BCUT2D eigenvalue weighted by Gasteiger charge is -2.26. The number of amides is 1. The topological polar surface area (TPSA) is 50.8 Å². The summed E-state index contributed by atoms with van der Waals surface area (Å²) < 4.78 is 11.1. The Labute approximate surface area is 166 Å². The highest BCUT2D eigenvalue weighted by Crippen LogP contribution is 2.28. The van der Waals surface area contributed by atoms with Crippen molar-refractivity contribution in [1.29, 1.82) is 0 Å². The molecule has 0 fully saturated rings. The van der Waals surface area contributed by atoms with Crippen LogP contribution >= 0.6 is 11.6 Å². The zero-order valence-corrected chi connectivity index (χ0v) is 17.3. The molecule has 2 aromatic carbocycles. The van der Waals surface area contributed by atoms with Gasteiger partial charge in [-0.05, 0) is 57.3 Å². The highest BCUT2D eigenvalue weighted by atomic mass is 35.5. The minimum Gasteiger partial charge on any atom is -0.496 e. The molecule has 0 saturated heterocycles. The molecule has 2 rings (SSSR count). The molecule has 27 heavy (non-hydrogen) atoms. The maximum absolute atomic E-state index is 12.3. The van der Waals surface area contributed by atoms with Crippen LogP contribution in [0.3, 0.4) is 0 Å². The van der Waals surface area contributed by atoms with Crippen molar-refractivity contribution in [3.05, 3.63) is 58.1 Å². The van der Waals surface area contributed by atoms with E-state index in [9.17, 15) is 4.79 Å². The molecule has 0 unspecified atom stereocenters. The van der Waals surface area contributed by atoms with E-state index in [1.807, 2.05) is 69.2 Å². The second-order valence-electron chi connectivity index (χ2n) is 6.69. The SMILES string of the molecule is COc1ccccc1[C@H](CNC(=O)COc1cc(C)c(Cl)c(C)c1)N(C)C. The van der Waals surface area contributed by atoms with Crippen LogP contribution in [0.2, 0.25) is 5.02 Å². The number of rotatable bonds is 8. The second kappa shape index (κ2) is 9.62. The molecule has 2 aromatic rings. The van der Waals surface area contributed by atoms with Crippen LogP contribution in [0.25, 0.3) is 0 Å². The summed E-state index contributed by atoms with van der Waals surface area (Å²) in [5.41, 5.74) is 2.88. The number of likely N-dealkylation sites (N-methyl/N-ethyl adjacent to an activating group) is 1. The van der Waals surface area contributed by atoms with Gasteiger partial charge in [-0.1, -0.05) is 29.8 Å². The van der Waals surface area contributed by atoms with E-state index in [1.165, 1.54) is 0 Å². The lowest BCUT2D eigenvalue weighted by atomic mass is 10.0. The number of carbonyl (C=O) groups is 1. The molecular weight excluding hydrogens is 364 g/mol. The predicted molar refractivity (Wildman–Crippen MR) is 109 cm³/mol. The highest BCUT2D eigenvalue weighted by Gasteiger charge is 2.19. The Morgan fingerprint density at radius 1 is 1.19 bits per heavy atom. The number of hydrogen-bond acceptors (Lipinski definition) is 4. The largest absolute Gasteiger partial charge is 0.496 e. The molecule has 1 atom stereocenters. The van der Waals surface area contributed by atoms with E-state index >= 15 is 0 Å². The third kappa shape index (κ3) is 5.62. The van der Waals surface area contributed by atoms with Crippen LogP contribution in [0, 0.1) is 13.8 Å². The first-order chi connectivity index (χ1) is 12.8. The Morgan fingerprint density at radius 3 is 2.41 bits per heavy atom. The van der Waals surface area contributed by atoms with Gasteiger partial charge in [0.05, 0.1) is 13.2 Å². The Balaban J connectivity index is 1.96. The van der Waals surface area contributed by atoms with Crippen molar-refractivity contribution >= 4 is 17.5 Å². The molecule has 0 spiro atoms. The third-order valence-corrected chi connectivity index (χ3v) is 4.99. The molecule has 0 heterocycles. The summed E-state index contributed by atoms with van der Waals surface area (Å²) in [4.78, 5) is 14.3. The van der Waals surface area contributed by atoms with Gasteiger partial charge < -0.3 is 19.7 Å². The molecule has 5 nitrogen and oxygen atoms in total. The predicted octanol–water partition coefficient (Wildman–Crippen LogP) is 3.76. The molecule has 0 aliphatic heterocycles. The number of para-hydroxylation sites is 1. The molecule has 0 aliphatic carbocycles. The molecule has 6 heteroatoms. The fourth-order valence-corrected chi connectivity index (χ4v) is 3.02. The molecule has 0 aliphatic rings. The number of methoxy groups -OCH3 is 1. The van der Waals surface area contributed by atoms with Crippen molar-refractivity contribution in [2.45, 2.75) is 19.9 Å². The summed E-state index contributed by atoms with van der Waals surface area (Å²) in [5, 5.41) is 3.66. The summed E-state index contributed by atoms with van der Waals surface area (Å²) in [7, 11) is 5.59. The van der Waals surface area contributed by atoms with Gasteiger partial charge in [0.1, 0.15) is 11.5 Å². The summed E-state index contributed by atoms with van der Waals surface area (Å²) >= 11 is 6.16. The van der Waals surface area contributed by atoms with Crippen molar-refractivity contribution in [3.63, 3.8) is 0 Å². The van der Waals surface area contributed by atoms with Crippen LogP contribution in [-0.2, 0) is 4.79 Å². The first-order valence-corrected chi connectivity index (χ1v) is 9.16. The van der Waals surface area contributed by atoms with Crippen LogP contribution in [0.15, 0.2) is 36.4 Å². The highest BCUT2D eigenvalue weighted by molar-refractivity contribution is 6.32. The van der Waals surface area contributed by atoms with Crippen molar-refractivity contribution in [3.8, 4) is 11.5 Å². The molecule has 0 radical (unpaired) electrons. The first kappa shape index (κ1) is 21.1. The zero-order valence-electron chi connectivity index (χ0n) is 16.5. The second-order valence-corrected chi connectivity index (χ2v) is 7.06. The molecule has 0 aromatic heterocycles. The van der Waals surface area contributed by atoms with E-state index in [4.69, 9.17) is 21.1 Å². The molecule has 1 N–H and O–H groups in total. The maximum Gasteiger partial charge on any atom is 0.258 e. The normalized spacial score (nSPS) is 12.0. The van der Waals surface area contributed by atoms with Gasteiger partial charge in [-0.3, -0.25) is 4.79 Å². The van der Waals surface area contributed by atoms with Crippen LogP contribution in [0.4, 0.5) is 0 Å². The molecule has 0 bridgehead atoms. The number of nitrogens with zero attached hydrogens (tertiary/aromatic N) is 1. The van der Waals surface area contributed by atoms with Crippen molar-refractivity contribution in [2.75, 3.05) is 34.4 Å². The van der Waals surface area contributed by atoms with Crippen molar-refractivity contribution in [2.24, 2.45) is 0 Å². The van der Waals surface area contributed by atoms with E-state index in [0.717, 1.165) is 27.5 Å². The number of nitrogens with one attached hydrogen (secondary N) is 1. The minimum absolute atomic E-state index is 0.00915.